The van der Waals surface area contributed by atoms with Crippen LogP contribution >= 0.6 is 0 Å². The van der Waals surface area contributed by atoms with Gasteiger partial charge in [0.05, 0.1) is 31.9 Å². The average Bonchev–Trinajstić information content (AvgIpc) is 3.36. The summed E-state index contributed by atoms with van der Waals surface area (Å²) >= 11 is 0. The second-order valence-electron chi connectivity index (χ2n) is 20.3. The summed E-state index contributed by atoms with van der Waals surface area (Å²) in [5, 5.41) is 50.2. The number of amides is 12. The number of unbranched alkanes of at least 4 members (excludes halogenated alkanes) is 1. The second-order valence-corrected chi connectivity index (χ2v) is 20.3. The molecule has 0 rings (SSSR count). The molecule has 454 valence electrons. The summed E-state index contributed by atoms with van der Waals surface area (Å²) in [7, 11) is 0. The van der Waals surface area contributed by atoms with Gasteiger partial charge in [0.15, 0.2) is 0 Å². The average molecular weight is 1140 g/mol. The van der Waals surface area contributed by atoms with E-state index in [2.05, 4.69) is 42.5 Å². The van der Waals surface area contributed by atoms with Crippen molar-refractivity contribution in [3.05, 3.63) is 0 Å². The number of aliphatic carboxylic acids is 2. The molecule has 0 saturated heterocycles. The Labute approximate surface area is 464 Å². The van der Waals surface area contributed by atoms with Crippen molar-refractivity contribution in [1.29, 1.82) is 0 Å². The normalized spacial score (nSPS) is 15.7. The third-order valence-corrected chi connectivity index (χ3v) is 12.7. The summed E-state index contributed by atoms with van der Waals surface area (Å²) < 4.78 is 0. The Hall–Kier alpha value is -7.54. The molecule has 0 radical (unpaired) electrons. The number of carbonyl (C=O) groups excluding carboxylic acids is 12. The molecule has 0 saturated carbocycles. The van der Waals surface area contributed by atoms with E-state index in [0.717, 1.165) is 0 Å². The minimum absolute atomic E-state index is 0.0968. The first kappa shape index (κ1) is 72.5. The Bertz CT molecular complexity index is 2180. The van der Waals surface area contributed by atoms with Crippen molar-refractivity contribution in [2.75, 3.05) is 13.2 Å². The van der Waals surface area contributed by atoms with E-state index in [1.54, 1.807) is 41.5 Å². The molecule has 0 heterocycles. The number of carbonyl (C=O) groups is 14. The Morgan fingerprint density at radius 2 is 0.838 bits per heavy atom. The molecule has 0 aliphatic carbocycles. The Balaban J connectivity index is 6.82. The summed E-state index contributed by atoms with van der Waals surface area (Å²) in [5.41, 5.74) is 27.6. The highest BCUT2D eigenvalue weighted by atomic mass is 16.4. The van der Waals surface area contributed by atoms with Crippen LogP contribution in [0, 0.1) is 23.7 Å². The maximum Gasteiger partial charge on any atom is 0.326 e. The van der Waals surface area contributed by atoms with Crippen LogP contribution in [0.3, 0.4) is 0 Å². The molecule has 12 atom stereocenters. The summed E-state index contributed by atoms with van der Waals surface area (Å²) in [6, 6.07) is -15.7. The number of aliphatic hydroxyl groups excluding tert-OH is 1. The molecule has 0 spiro atoms. The molecule has 31 nitrogen and oxygen atoms in total. The fraction of sp³-hybridized carbons (Fsp3) is 0.714. The van der Waals surface area contributed by atoms with Crippen molar-refractivity contribution in [3.63, 3.8) is 0 Å². The topological polar surface area (TPSA) is 538 Å². The first-order valence-electron chi connectivity index (χ1n) is 26.3. The minimum atomic E-state index is -1.87. The van der Waals surface area contributed by atoms with E-state index in [1.165, 1.54) is 13.8 Å². The summed E-state index contributed by atoms with van der Waals surface area (Å²) in [6.07, 6.45) is -2.44. The monoisotopic (exact) mass is 1140 g/mol. The predicted molar refractivity (Wildman–Crippen MR) is 284 cm³/mol. The number of nitrogens with two attached hydrogens (primary N) is 5. The Morgan fingerprint density at radius 3 is 1.29 bits per heavy atom. The van der Waals surface area contributed by atoms with E-state index in [9.17, 15) is 77.3 Å². The Kier molecular flexibility index (Phi) is 33.1. The number of aliphatic hydroxyl groups is 1. The van der Waals surface area contributed by atoms with E-state index >= 15 is 0 Å². The van der Waals surface area contributed by atoms with Gasteiger partial charge in [-0.1, -0.05) is 68.2 Å². The fourth-order valence-corrected chi connectivity index (χ4v) is 7.62. The largest absolute Gasteiger partial charge is 0.481 e. The SMILES string of the molecule is CC[C@H](C)[C@H](NC(=O)[C@@H](NC(=O)[C@@H](N)CC(N)=O)[C@@H](C)CC)C(=O)N[C@@H](CCC(N)=O)C(=O)N[C@@H](CC(N)=O)C(=O)N[C@@H](CCCCN)C(=O)N[C@@H](CC(C)C)C(=O)N[C@@H](CO)C(=O)N[C@H](C(=O)N[C@@H](CC(=O)O)C(=O)O)C(C)C. The van der Waals surface area contributed by atoms with E-state index in [1.807, 2.05) is 5.32 Å². The van der Waals surface area contributed by atoms with Crippen molar-refractivity contribution in [2.24, 2.45) is 52.3 Å². The van der Waals surface area contributed by atoms with Gasteiger partial charge in [0, 0.05) is 6.42 Å². The van der Waals surface area contributed by atoms with Crippen molar-refractivity contribution < 1.29 is 82.4 Å². The maximum atomic E-state index is 14.1. The van der Waals surface area contributed by atoms with Crippen LogP contribution in [0.25, 0.3) is 0 Å². The van der Waals surface area contributed by atoms with Crippen LogP contribution in [0.4, 0.5) is 0 Å². The van der Waals surface area contributed by atoms with Gasteiger partial charge < -0.3 is 91.8 Å². The van der Waals surface area contributed by atoms with E-state index in [4.69, 9.17) is 33.8 Å². The zero-order valence-electron chi connectivity index (χ0n) is 46.7. The van der Waals surface area contributed by atoms with Gasteiger partial charge in [-0.2, -0.15) is 0 Å². The van der Waals surface area contributed by atoms with Crippen LogP contribution in [0.5, 0.6) is 0 Å². The molecule has 0 unspecified atom stereocenters. The third kappa shape index (κ3) is 26.9. The molecule has 12 amide bonds. The van der Waals surface area contributed by atoms with Crippen LogP contribution in [0.15, 0.2) is 0 Å². The quantitative estimate of drug-likeness (QED) is 0.0254. The zero-order valence-corrected chi connectivity index (χ0v) is 46.7. The van der Waals surface area contributed by atoms with E-state index < -0.39 is 200 Å². The lowest BCUT2D eigenvalue weighted by molar-refractivity contribution is -0.147. The Morgan fingerprint density at radius 1 is 0.438 bits per heavy atom. The predicted octanol–water partition coefficient (Wildman–Crippen LogP) is -5.83. The molecule has 0 aliphatic heterocycles. The van der Waals surface area contributed by atoms with Gasteiger partial charge >= 0.3 is 11.9 Å². The highest BCUT2D eigenvalue weighted by Gasteiger charge is 2.38. The van der Waals surface area contributed by atoms with Crippen LogP contribution in [0.1, 0.15) is 126 Å². The minimum Gasteiger partial charge on any atom is -0.481 e. The smallest absolute Gasteiger partial charge is 0.326 e. The van der Waals surface area contributed by atoms with Crippen molar-refractivity contribution in [2.45, 2.75) is 186 Å². The fourth-order valence-electron chi connectivity index (χ4n) is 7.62. The number of nitrogens with one attached hydrogen (secondary N) is 9. The van der Waals surface area contributed by atoms with Gasteiger partial charge in [-0.05, 0) is 62.3 Å². The lowest BCUT2D eigenvalue weighted by Gasteiger charge is -2.30. The molecule has 0 bridgehead atoms. The second kappa shape index (κ2) is 36.6. The number of carboxylic acid groups (broad SMARTS) is 2. The molecule has 0 aliphatic rings. The van der Waals surface area contributed by atoms with Gasteiger partial charge in [0.2, 0.25) is 70.9 Å². The summed E-state index contributed by atoms with van der Waals surface area (Å²) in [6.45, 7) is 12.1. The first-order valence-corrected chi connectivity index (χ1v) is 26.3. The molecule has 0 aromatic heterocycles. The lowest BCUT2D eigenvalue weighted by Crippen LogP contribution is -2.62. The summed E-state index contributed by atoms with van der Waals surface area (Å²) in [4.78, 5) is 182. The molecule has 80 heavy (non-hydrogen) atoms. The standard InChI is InChI=1S/C49H86N14O17/c1-9-24(7)38(63-48(78)39(25(8)10-2)62-40(70)26(51)18-34(53)66)47(77)56-28(14-15-33(52)65)42(72)58-30(19-35(54)67)44(74)55-27(13-11-12-16-50)41(71)57-29(17-22(3)4)43(73)60-32(21-64)45(75)61-37(23(5)6)46(76)59-31(49(79)80)20-36(68)69/h22-32,37-39,64H,9-21,50-51H2,1-8H3,(H2,52,65)(H2,53,66)(H2,54,67)(H,55,74)(H,56,77)(H,57,71)(H,58,72)(H,59,76)(H,60,73)(H,61,75)(H,62,70)(H,63,78)(H,68,69)(H,79,80)/t24-,25-,26-,27-,28-,29-,30-,31-,32-,37-,38-,39-/m0/s1. The molecule has 22 N–H and O–H groups in total. The first-order chi connectivity index (χ1) is 37.2. The molecule has 0 aromatic rings. The number of primary amides is 3. The molecule has 31 heteroatoms. The van der Waals surface area contributed by atoms with Gasteiger partial charge in [-0.3, -0.25) is 62.3 Å². The molecular formula is C49H86N14O17. The summed E-state index contributed by atoms with van der Waals surface area (Å²) in [5.74, 6) is -17.5. The maximum absolute atomic E-state index is 14.1. The van der Waals surface area contributed by atoms with Gasteiger partial charge in [-0.25, -0.2) is 4.79 Å². The van der Waals surface area contributed by atoms with Crippen LogP contribution < -0.4 is 76.5 Å². The molecular weight excluding hydrogens is 1060 g/mol. The number of carboxylic acids is 2. The van der Waals surface area contributed by atoms with E-state index in [0.29, 0.717) is 12.8 Å². The number of hydrogen-bond donors (Lipinski definition) is 17. The van der Waals surface area contributed by atoms with Crippen LogP contribution in [0.2, 0.25) is 0 Å². The van der Waals surface area contributed by atoms with E-state index in [-0.39, 0.29) is 38.1 Å². The third-order valence-electron chi connectivity index (χ3n) is 12.7. The molecule has 0 fully saturated rings. The highest BCUT2D eigenvalue weighted by molar-refractivity contribution is 6.00. The van der Waals surface area contributed by atoms with Crippen molar-refractivity contribution >= 4 is 82.8 Å². The van der Waals surface area contributed by atoms with Gasteiger partial charge in [0.1, 0.15) is 54.4 Å². The highest BCUT2D eigenvalue weighted by Crippen LogP contribution is 2.15. The number of rotatable bonds is 40. The number of hydrogen-bond acceptors (Lipinski definition) is 17. The van der Waals surface area contributed by atoms with Gasteiger partial charge in [-0.15, -0.1) is 0 Å². The van der Waals surface area contributed by atoms with Crippen LogP contribution in [-0.2, 0) is 67.1 Å². The van der Waals surface area contributed by atoms with Crippen molar-refractivity contribution in [1.82, 2.24) is 47.9 Å². The lowest BCUT2D eigenvalue weighted by atomic mass is 9.94. The van der Waals surface area contributed by atoms with Crippen molar-refractivity contribution in [3.8, 4) is 0 Å². The van der Waals surface area contributed by atoms with Crippen LogP contribution in [-0.4, -0.2) is 172 Å². The van der Waals surface area contributed by atoms with Gasteiger partial charge in [0.25, 0.3) is 0 Å². The molecule has 0 aromatic carbocycles. The zero-order chi connectivity index (χ0) is 61.7.